The third-order valence-corrected chi connectivity index (χ3v) is 3.09. The van der Waals surface area contributed by atoms with Gasteiger partial charge in [0.25, 0.3) is 0 Å². The van der Waals surface area contributed by atoms with Crippen molar-refractivity contribution in [3.63, 3.8) is 0 Å². The van der Waals surface area contributed by atoms with Crippen LogP contribution in [0, 0.1) is 0 Å². The fourth-order valence-electron chi connectivity index (χ4n) is 2.04. The molecule has 0 atom stereocenters. The lowest BCUT2D eigenvalue weighted by Gasteiger charge is -2.05. The lowest BCUT2D eigenvalue weighted by molar-refractivity contribution is -0.121. The van der Waals surface area contributed by atoms with Gasteiger partial charge >= 0.3 is 0 Å². The first-order valence-corrected chi connectivity index (χ1v) is 6.72. The molecule has 1 aromatic carbocycles. The van der Waals surface area contributed by atoms with Crippen LogP contribution in [0.5, 0.6) is 0 Å². The Kier molecular flexibility index (Phi) is 4.76. The van der Waals surface area contributed by atoms with Gasteiger partial charge in [0.2, 0.25) is 5.91 Å². The van der Waals surface area contributed by atoms with Crippen molar-refractivity contribution in [2.75, 3.05) is 12.3 Å². The zero-order valence-corrected chi connectivity index (χ0v) is 11.7. The minimum absolute atomic E-state index is 0.0660. The summed E-state index contributed by atoms with van der Waals surface area (Å²) in [4.78, 5) is 11.7. The molecule has 20 heavy (non-hydrogen) atoms. The number of nitrogens with two attached hydrogens (primary N) is 1. The van der Waals surface area contributed by atoms with Crippen molar-refractivity contribution in [1.82, 2.24) is 15.1 Å². The van der Waals surface area contributed by atoms with Crippen molar-refractivity contribution in [1.29, 1.82) is 0 Å². The monoisotopic (exact) mass is 272 g/mol. The molecule has 2 aromatic rings. The first-order chi connectivity index (χ1) is 9.63. The number of benzene rings is 1. The smallest absolute Gasteiger partial charge is 0.220 e. The molecule has 0 saturated heterocycles. The number of anilines is 1. The topological polar surface area (TPSA) is 72.9 Å². The zero-order chi connectivity index (χ0) is 14.4. The van der Waals surface area contributed by atoms with Gasteiger partial charge in [-0.3, -0.25) is 9.48 Å². The van der Waals surface area contributed by atoms with E-state index < -0.39 is 0 Å². The normalized spacial score (nSPS) is 10.4. The average molecular weight is 272 g/mol. The van der Waals surface area contributed by atoms with E-state index in [1.807, 2.05) is 43.7 Å². The maximum absolute atomic E-state index is 11.7. The second-order valence-electron chi connectivity index (χ2n) is 4.87. The average Bonchev–Trinajstić information content (AvgIpc) is 2.82. The number of nitrogens with zero attached hydrogens (tertiary/aromatic N) is 2. The lowest BCUT2D eigenvalue weighted by Crippen LogP contribution is -2.25. The highest BCUT2D eigenvalue weighted by molar-refractivity contribution is 5.76. The number of carbonyl (C=O) groups excluding carboxylic acids is 1. The molecule has 0 aliphatic rings. The number of rotatable bonds is 6. The SMILES string of the molecule is Cn1cc(CCNC(=O)CCc2cccc(N)c2)cn1. The van der Waals surface area contributed by atoms with E-state index in [2.05, 4.69) is 10.4 Å². The maximum atomic E-state index is 11.7. The van der Waals surface area contributed by atoms with Gasteiger partial charge in [-0.25, -0.2) is 0 Å². The Labute approximate surface area is 118 Å². The van der Waals surface area contributed by atoms with Gasteiger partial charge in [0.05, 0.1) is 6.20 Å². The standard InChI is InChI=1S/C15H20N4O/c1-19-11-13(10-18-19)7-8-17-15(20)6-5-12-3-2-4-14(16)9-12/h2-4,9-11H,5-8,16H2,1H3,(H,17,20). The maximum Gasteiger partial charge on any atom is 0.220 e. The van der Waals surface area contributed by atoms with Crippen LogP contribution in [0.15, 0.2) is 36.7 Å². The minimum atomic E-state index is 0.0660. The van der Waals surface area contributed by atoms with E-state index in [0.717, 1.165) is 23.2 Å². The van der Waals surface area contributed by atoms with Crippen molar-refractivity contribution in [2.24, 2.45) is 7.05 Å². The van der Waals surface area contributed by atoms with E-state index in [1.54, 1.807) is 4.68 Å². The summed E-state index contributed by atoms with van der Waals surface area (Å²) in [6.45, 7) is 0.640. The van der Waals surface area contributed by atoms with E-state index >= 15 is 0 Å². The molecule has 0 aliphatic carbocycles. The Bertz CT molecular complexity index is 577. The van der Waals surface area contributed by atoms with Crippen LogP contribution in [0.25, 0.3) is 0 Å². The van der Waals surface area contributed by atoms with Crippen LogP contribution in [0.2, 0.25) is 0 Å². The fraction of sp³-hybridized carbons (Fsp3) is 0.333. The van der Waals surface area contributed by atoms with Crippen LogP contribution in [0.4, 0.5) is 5.69 Å². The third-order valence-electron chi connectivity index (χ3n) is 3.09. The molecule has 0 bridgehead atoms. The van der Waals surface area contributed by atoms with Gasteiger partial charge in [-0.15, -0.1) is 0 Å². The number of carbonyl (C=O) groups is 1. The Balaban J connectivity index is 1.68. The second kappa shape index (κ2) is 6.75. The quantitative estimate of drug-likeness (QED) is 0.778. The molecular formula is C15H20N4O. The summed E-state index contributed by atoms with van der Waals surface area (Å²) in [7, 11) is 1.88. The summed E-state index contributed by atoms with van der Waals surface area (Å²) >= 11 is 0. The van der Waals surface area contributed by atoms with Crippen LogP contribution in [-0.4, -0.2) is 22.2 Å². The summed E-state index contributed by atoms with van der Waals surface area (Å²) in [5.74, 6) is 0.0660. The molecule has 2 rings (SSSR count). The lowest BCUT2D eigenvalue weighted by atomic mass is 10.1. The molecule has 5 heteroatoms. The molecule has 106 valence electrons. The van der Waals surface area contributed by atoms with Crippen LogP contribution in [-0.2, 0) is 24.7 Å². The Morgan fingerprint density at radius 1 is 1.35 bits per heavy atom. The van der Waals surface area contributed by atoms with Gasteiger partial charge in [-0.2, -0.15) is 5.10 Å². The van der Waals surface area contributed by atoms with Crippen molar-refractivity contribution < 1.29 is 4.79 Å². The van der Waals surface area contributed by atoms with Crippen LogP contribution >= 0.6 is 0 Å². The number of nitrogens with one attached hydrogen (secondary N) is 1. The molecule has 1 amide bonds. The summed E-state index contributed by atoms with van der Waals surface area (Å²) < 4.78 is 1.76. The highest BCUT2D eigenvalue weighted by Crippen LogP contribution is 2.08. The molecule has 0 spiro atoms. The Morgan fingerprint density at radius 3 is 2.90 bits per heavy atom. The van der Waals surface area contributed by atoms with Crippen LogP contribution < -0.4 is 11.1 Å². The van der Waals surface area contributed by atoms with Gasteiger partial charge in [0.15, 0.2) is 0 Å². The Morgan fingerprint density at radius 2 is 2.20 bits per heavy atom. The molecule has 0 fully saturated rings. The van der Waals surface area contributed by atoms with E-state index in [4.69, 9.17) is 5.73 Å². The summed E-state index contributed by atoms with van der Waals surface area (Å²) in [6.07, 6.45) is 5.77. The van der Waals surface area contributed by atoms with E-state index in [-0.39, 0.29) is 5.91 Å². The number of hydrogen-bond donors (Lipinski definition) is 2. The van der Waals surface area contributed by atoms with Gasteiger partial charge in [0, 0.05) is 31.9 Å². The Hall–Kier alpha value is -2.30. The predicted molar refractivity (Wildman–Crippen MR) is 79.1 cm³/mol. The molecule has 3 N–H and O–H groups in total. The van der Waals surface area contributed by atoms with E-state index in [1.165, 1.54) is 0 Å². The second-order valence-corrected chi connectivity index (χ2v) is 4.87. The predicted octanol–water partition coefficient (Wildman–Crippen LogP) is 1.29. The number of amides is 1. The molecule has 1 aromatic heterocycles. The highest BCUT2D eigenvalue weighted by atomic mass is 16.1. The molecule has 5 nitrogen and oxygen atoms in total. The largest absolute Gasteiger partial charge is 0.399 e. The third kappa shape index (κ3) is 4.42. The first-order valence-electron chi connectivity index (χ1n) is 6.72. The van der Waals surface area contributed by atoms with Crippen molar-refractivity contribution in [3.8, 4) is 0 Å². The van der Waals surface area contributed by atoms with Crippen molar-refractivity contribution >= 4 is 11.6 Å². The molecule has 1 heterocycles. The van der Waals surface area contributed by atoms with Gasteiger partial charge in [-0.05, 0) is 36.1 Å². The fourth-order valence-corrected chi connectivity index (χ4v) is 2.04. The van der Waals surface area contributed by atoms with Crippen LogP contribution in [0.1, 0.15) is 17.5 Å². The highest BCUT2D eigenvalue weighted by Gasteiger charge is 2.03. The van der Waals surface area contributed by atoms with Gasteiger partial charge < -0.3 is 11.1 Å². The van der Waals surface area contributed by atoms with Crippen LogP contribution in [0.3, 0.4) is 0 Å². The molecule has 0 aliphatic heterocycles. The molecule has 0 radical (unpaired) electrons. The number of nitrogen functional groups attached to an aromatic ring is 1. The summed E-state index contributed by atoms with van der Waals surface area (Å²) in [6, 6.07) is 7.64. The van der Waals surface area contributed by atoms with Crippen molar-refractivity contribution in [3.05, 3.63) is 47.8 Å². The van der Waals surface area contributed by atoms with Gasteiger partial charge in [0.1, 0.15) is 0 Å². The van der Waals surface area contributed by atoms with Crippen molar-refractivity contribution in [2.45, 2.75) is 19.3 Å². The van der Waals surface area contributed by atoms with E-state index in [0.29, 0.717) is 19.4 Å². The molecule has 0 saturated carbocycles. The number of aryl methyl sites for hydroxylation is 2. The summed E-state index contributed by atoms with van der Waals surface area (Å²) in [5, 5.41) is 7.01. The number of aromatic nitrogens is 2. The van der Waals surface area contributed by atoms with Gasteiger partial charge in [-0.1, -0.05) is 12.1 Å². The first kappa shape index (κ1) is 14.1. The zero-order valence-electron chi connectivity index (χ0n) is 11.7. The minimum Gasteiger partial charge on any atom is -0.399 e. The molecular weight excluding hydrogens is 252 g/mol. The van der Waals surface area contributed by atoms with E-state index in [9.17, 15) is 4.79 Å². The summed E-state index contributed by atoms with van der Waals surface area (Å²) in [5.41, 5.74) is 8.66. The number of hydrogen-bond acceptors (Lipinski definition) is 3. The molecule has 0 unspecified atom stereocenters.